The van der Waals surface area contributed by atoms with Gasteiger partial charge in [-0.2, -0.15) is 0 Å². The molecule has 0 aromatic heterocycles. The lowest BCUT2D eigenvalue weighted by atomic mass is 10.00. The minimum Gasteiger partial charge on any atom is -0.550 e. The van der Waals surface area contributed by atoms with Crippen molar-refractivity contribution in [3.05, 3.63) is 12.2 Å². The number of carboxylic acid groups (broad SMARTS) is 3. The molecule has 7 nitrogen and oxygen atoms in total. The van der Waals surface area contributed by atoms with Crippen LogP contribution < -0.4 is 5.11 Å². The highest BCUT2D eigenvalue weighted by Crippen LogP contribution is 2.22. The normalized spacial score (nSPS) is 15.5. The van der Waals surface area contributed by atoms with Crippen LogP contribution in [0.15, 0.2) is 12.2 Å². The highest BCUT2D eigenvalue weighted by atomic mass is 16.4. The molecule has 3 atom stereocenters. The highest BCUT2D eigenvalue weighted by molar-refractivity contribution is 5.70. The molecule has 0 amide bonds. The summed E-state index contributed by atoms with van der Waals surface area (Å²) in [6.07, 6.45) is 25.6. The Balaban J connectivity index is 4.31. The molecule has 40 heavy (non-hydrogen) atoms. The van der Waals surface area contributed by atoms with Gasteiger partial charge in [0.15, 0.2) is 0 Å². The first-order valence-corrected chi connectivity index (χ1v) is 16.2. The number of hydrogen-bond acceptors (Lipinski definition) is 4. The van der Waals surface area contributed by atoms with Crippen molar-refractivity contribution in [1.29, 1.82) is 0 Å². The number of hydrogen-bond donors (Lipinski definition) is 2. The van der Waals surface area contributed by atoms with Gasteiger partial charge in [0.1, 0.15) is 11.8 Å². The van der Waals surface area contributed by atoms with E-state index in [1.807, 2.05) is 0 Å². The van der Waals surface area contributed by atoms with Gasteiger partial charge in [0, 0.05) is 11.9 Å². The summed E-state index contributed by atoms with van der Waals surface area (Å²) in [7, 11) is 0. The van der Waals surface area contributed by atoms with E-state index in [1.165, 1.54) is 83.5 Å². The van der Waals surface area contributed by atoms with E-state index in [-0.39, 0.29) is 24.1 Å². The first-order valence-electron chi connectivity index (χ1n) is 16.2. The zero-order chi connectivity index (χ0) is 30.2. The summed E-state index contributed by atoms with van der Waals surface area (Å²) in [5.74, 6) is -5.23. The van der Waals surface area contributed by atoms with Crippen LogP contribution in [-0.2, 0) is 14.4 Å². The third kappa shape index (κ3) is 20.1. The maximum absolute atomic E-state index is 11.6. The zero-order valence-corrected chi connectivity index (χ0v) is 26.2. The summed E-state index contributed by atoms with van der Waals surface area (Å²) in [5, 5.41) is 30.5. The molecule has 0 aliphatic rings. The van der Waals surface area contributed by atoms with Crippen molar-refractivity contribution < 1.29 is 34.2 Å². The molecule has 0 heterocycles. The number of carbonyl (C=O) groups is 3. The summed E-state index contributed by atoms with van der Waals surface area (Å²) >= 11 is 0. The number of aliphatic carboxylic acids is 3. The fourth-order valence-corrected chi connectivity index (χ4v) is 5.70. The second kappa shape index (κ2) is 23.8. The smallest absolute Gasteiger partial charge is 0.311 e. The van der Waals surface area contributed by atoms with Crippen LogP contribution in [0.25, 0.3) is 0 Å². The standard InChI is InChI=1S/C33H61NO6/c1-5-6-7-8-9-10-11-12-13-14-15-16-17-18-19-20-21-22-23-24-34(25-28(2)31(35)36,26-29(3)32(37)38)27-30(4)33(39)40/h11-12,28-30H,5-10,13-27H2,1-4H3,(H2-,35,36,37,38,39,40)/b12-11+. The van der Waals surface area contributed by atoms with Crippen molar-refractivity contribution in [3.63, 3.8) is 0 Å². The Morgan fingerprint density at radius 1 is 0.600 bits per heavy atom. The van der Waals surface area contributed by atoms with E-state index >= 15 is 0 Å². The summed E-state index contributed by atoms with van der Waals surface area (Å²) < 4.78 is 0.185. The Labute approximate surface area is 245 Å². The molecule has 0 radical (unpaired) electrons. The van der Waals surface area contributed by atoms with Crippen molar-refractivity contribution in [3.8, 4) is 0 Å². The molecule has 0 aliphatic heterocycles. The molecule has 0 aromatic rings. The lowest BCUT2D eigenvalue weighted by Gasteiger charge is -2.43. The third-order valence-corrected chi connectivity index (χ3v) is 8.12. The van der Waals surface area contributed by atoms with Crippen molar-refractivity contribution in [1.82, 2.24) is 0 Å². The minimum atomic E-state index is -1.18. The number of allylic oxidation sites excluding steroid dienone is 2. The van der Waals surface area contributed by atoms with Gasteiger partial charge >= 0.3 is 11.9 Å². The van der Waals surface area contributed by atoms with E-state index in [4.69, 9.17) is 0 Å². The minimum absolute atomic E-state index is 0.185. The Kier molecular flexibility index (Phi) is 22.7. The third-order valence-electron chi connectivity index (χ3n) is 8.12. The molecule has 0 aromatic carbocycles. The topological polar surface area (TPSA) is 115 Å². The lowest BCUT2D eigenvalue weighted by Crippen LogP contribution is -2.58. The quantitative estimate of drug-likeness (QED) is 0.0608. The number of rotatable bonds is 28. The Morgan fingerprint density at radius 2 is 0.950 bits per heavy atom. The van der Waals surface area contributed by atoms with Crippen LogP contribution in [0.4, 0.5) is 0 Å². The van der Waals surface area contributed by atoms with E-state index in [1.54, 1.807) is 20.8 Å². The number of carbonyl (C=O) groups excluding carboxylic acids is 1. The van der Waals surface area contributed by atoms with Crippen LogP contribution in [0, 0.1) is 17.8 Å². The average Bonchev–Trinajstić information content (AvgIpc) is 2.89. The fraction of sp³-hybridized carbons (Fsp3) is 0.848. The van der Waals surface area contributed by atoms with E-state index in [0.29, 0.717) is 6.54 Å². The maximum atomic E-state index is 11.6. The molecule has 0 spiro atoms. The zero-order valence-electron chi connectivity index (χ0n) is 26.2. The van der Waals surface area contributed by atoms with Crippen LogP contribution in [-0.4, -0.2) is 58.8 Å². The molecule has 0 saturated heterocycles. The molecule has 0 rings (SSSR count). The van der Waals surface area contributed by atoms with Crippen LogP contribution in [0.3, 0.4) is 0 Å². The van der Waals surface area contributed by atoms with E-state index in [9.17, 15) is 29.7 Å². The van der Waals surface area contributed by atoms with Crippen LogP contribution in [0.1, 0.15) is 137 Å². The van der Waals surface area contributed by atoms with Crippen LogP contribution in [0.2, 0.25) is 0 Å². The predicted molar refractivity (Wildman–Crippen MR) is 161 cm³/mol. The Bertz CT molecular complexity index is 652. The van der Waals surface area contributed by atoms with E-state index in [2.05, 4.69) is 19.1 Å². The van der Waals surface area contributed by atoms with Gasteiger partial charge in [-0.3, -0.25) is 9.59 Å². The molecular weight excluding hydrogens is 506 g/mol. The highest BCUT2D eigenvalue weighted by Gasteiger charge is 2.36. The Hall–Kier alpha value is -1.89. The van der Waals surface area contributed by atoms with E-state index < -0.39 is 35.7 Å². The van der Waals surface area contributed by atoms with E-state index in [0.717, 1.165) is 25.7 Å². The molecule has 2 N–H and O–H groups in total. The summed E-state index contributed by atoms with van der Waals surface area (Å²) in [4.78, 5) is 34.7. The molecule has 234 valence electrons. The van der Waals surface area contributed by atoms with Crippen molar-refractivity contribution >= 4 is 17.9 Å². The monoisotopic (exact) mass is 567 g/mol. The van der Waals surface area contributed by atoms with Crippen LogP contribution in [0.5, 0.6) is 0 Å². The average molecular weight is 568 g/mol. The predicted octanol–water partition coefficient (Wildman–Crippen LogP) is 6.84. The molecular formula is C33H61NO6. The van der Waals surface area contributed by atoms with Gasteiger partial charge in [0.05, 0.1) is 26.2 Å². The molecule has 3 unspecified atom stereocenters. The molecule has 7 heteroatoms. The molecule has 0 aliphatic carbocycles. The van der Waals surface area contributed by atoms with Gasteiger partial charge in [0.25, 0.3) is 0 Å². The van der Waals surface area contributed by atoms with Gasteiger partial charge in [-0.25, -0.2) is 0 Å². The van der Waals surface area contributed by atoms with Crippen molar-refractivity contribution in [2.75, 3.05) is 26.2 Å². The van der Waals surface area contributed by atoms with Crippen molar-refractivity contribution in [2.45, 2.75) is 137 Å². The van der Waals surface area contributed by atoms with Gasteiger partial charge in [0.2, 0.25) is 0 Å². The molecule has 0 bridgehead atoms. The number of carboxylic acids is 3. The largest absolute Gasteiger partial charge is 0.550 e. The molecule has 0 fully saturated rings. The fourth-order valence-electron chi connectivity index (χ4n) is 5.70. The second-order valence-corrected chi connectivity index (χ2v) is 12.3. The molecule has 0 saturated carbocycles. The number of nitrogens with zero attached hydrogens (tertiary/aromatic N) is 1. The maximum Gasteiger partial charge on any atom is 0.311 e. The van der Waals surface area contributed by atoms with Gasteiger partial charge in [-0.15, -0.1) is 0 Å². The van der Waals surface area contributed by atoms with Gasteiger partial charge in [-0.1, -0.05) is 96.6 Å². The first-order chi connectivity index (χ1) is 19.0. The first kappa shape index (κ1) is 38.1. The SMILES string of the molecule is CCCCCCC/C=C/CCCCCCCCCCCC[N+](CC(C)C(=O)[O-])(CC(C)C(=O)O)CC(C)C(=O)O. The summed E-state index contributed by atoms with van der Waals surface area (Å²) in [6, 6.07) is 0. The van der Waals surface area contributed by atoms with Crippen LogP contribution >= 0.6 is 0 Å². The number of unbranched alkanes of at least 4 members (excludes halogenated alkanes) is 15. The number of quaternary nitrogens is 1. The lowest BCUT2D eigenvalue weighted by molar-refractivity contribution is -0.934. The van der Waals surface area contributed by atoms with Gasteiger partial charge in [-0.05, 0) is 52.4 Å². The second-order valence-electron chi connectivity index (χ2n) is 12.3. The van der Waals surface area contributed by atoms with Crippen molar-refractivity contribution in [2.24, 2.45) is 17.8 Å². The van der Waals surface area contributed by atoms with Gasteiger partial charge < -0.3 is 24.6 Å². The Morgan fingerprint density at radius 3 is 1.32 bits per heavy atom. The summed E-state index contributed by atoms with van der Waals surface area (Å²) in [6.45, 7) is 8.25. The summed E-state index contributed by atoms with van der Waals surface area (Å²) in [5.41, 5.74) is 0.